The lowest BCUT2D eigenvalue weighted by atomic mass is 10.1. The van der Waals surface area contributed by atoms with Gasteiger partial charge in [-0.2, -0.15) is 13.2 Å². The first kappa shape index (κ1) is 14.6. The van der Waals surface area contributed by atoms with Gasteiger partial charge in [-0.3, -0.25) is 5.84 Å². The van der Waals surface area contributed by atoms with Crippen molar-refractivity contribution in [2.24, 2.45) is 5.84 Å². The van der Waals surface area contributed by atoms with Crippen LogP contribution in [0.3, 0.4) is 0 Å². The van der Waals surface area contributed by atoms with Crippen LogP contribution in [0, 0.1) is 0 Å². The molecule has 0 saturated carbocycles. The molecule has 1 aromatic rings. The number of rotatable bonds is 3. The van der Waals surface area contributed by atoms with Crippen molar-refractivity contribution < 1.29 is 31.1 Å². The van der Waals surface area contributed by atoms with E-state index in [2.05, 4.69) is 4.74 Å². The first-order valence-electron chi connectivity index (χ1n) is 4.52. The molecule has 102 valence electrons. The van der Waals surface area contributed by atoms with E-state index >= 15 is 0 Å². The monoisotopic (exact) mass is 274 g/mol. The molecule has 9 heteroatoms. The van der Waals surface area contributed by atoms with Crippen molar-refractivity contribution >= 4 is 0 Å². The Bertz CT molecular complexity index is 403. The van der Waals surface area contributed by atoms with Crippen molar-refractivity contribution in [3.63, 3.8) is 0 Å². The number of ether oxygens (including phenoxy) is 1. The smallest absolute Gasteiger partial charge is 0.406 e. The third kappa shape index (κ3) is 4.08. The predicted molar refractivity (Wildman–Crippen MR) is 49.2 cm³/mol. The maximum absolute atomic E-state index is 12.5. The van der Waals surface area contributed by atoms with Gasteiger partial charge in [0.1, 0.15) is 11.8 Å². The molecule has 1 unspecified atom stereocenters. The van der Waals surface area contributed by atoms with Gasteiger partial charge >= 0.3 is 12.5 Å². The summed E-state index contributed by atoms with van der Waals surface area (Å²) in [7, 11) is 0. The van der Waals surface area contributed by atoms with Crippen molar-refractivity contribution in [1.82, 2.24) is 5.43 Å². The lowest BCUT2D eigenvalue weighted by molar-refractivity contribution is -0.274. The van der Waals surface area contributed by atoms with E-state index in [1.807, 2.05) is 0 Å². The Kier molecular flexibility index (Phi) is 4.07. The van der Waals surface area contributed by atoms with E-state index < -0.39 is 29.9 Å². The van der Waals surface area contributed by atoms with E-state index in [0.29, 0.717) is 6.07 Å². The molecule has 3 N–H and O–H groups in total. The van der Waals surface area contributed by atoms with Gasteiger partial charge in [0.15, 0.2) is 0 Å². The average Bonchev–Trinajstić information content (AvgIpc) is 2.13. The average molecular weight is 274 g/mol. The number of halogens is 6. The zero-order chi connectivity index (χ0) is 14.0. The molecule has 0 bridgehead atoms. The lowest BCUT2D eigenvalue weighted by Crippen LogP contribution is -2.38. The van der Waals surface area contributed by atoms with Gasteiger partial charge in [0.2, 0.25) is 0 Å². The summed E-state index contributed by atoms with van der Waals surface area (Å²) < 4.78 is 76.6. The molecule has 1 aromatic carbocycles. The van der Waals surface area contributed by atoms with Gasteiger partial charge in [-0.05, 0) is 17.7 Å². The third-order valence-electron chi connectivity index (χ3n) is 1.92. The van der Waals surface area contributed by atoms with Crippen molar-refractivity contribution in [1.29, 1.82) is 0 Å². The summed E-state index contributed by atoms with van der Waals surface area (Å²) in [6, 6.07) is 1.23. The number of hydrogen-bond acceptors (Lipinski definition) is 3. The minimum Gasteiger partial charge on any atom is -0.406 e. The van der Waals surface area contributed by atoms with Gasteiger partial charge in [-0.25, -0.2) is 5.43 Å². The summed E-state index contributed by atoms with van der Waals surface area (Å²) in [6.45, 7) is 0. The van der Waals surface area contributed by atoms with Gasteiger partial charge < -0.3 is 4.74 Å². The van der Waals surface area contributed by atoms with Crippen LogP contribution in [0.5, 0.6) is 5.75 Å². The lowest BCUT2D eigenvalue weighted by Gasteiger charge is -2.20. The molecule has 3 nitrogen and oxygen atoms in total. The van der Waals surface area contributed by atoms with Gasteiger partial charge in [0, 0.05) is 0 Å². The van der Waals surface area contributed by atoms with Crippen LogP contribution in [0.2, 0.25) is 0 Å². The summed E-state index contributed by atoms with van der Waals surface area (Å²) in [4.78, 5) is 0. The van der Waals surface area contributed by atoms with E-state index in [0.717, 1.165) is 18.2 Å². The number of nitrogens with two attached hydrogens (primary N) is 1. The molecular weight excluding hydrogens is 266 g/mol. The molecule has 0 saturated heterocycles. The standard InChI is InChI=1S/C9H8F6N2O/c10-8(11,12)7(17-16)5-2-1-3-6(4-5)18-9(13,14)15/h1-4,7,17H,16H2. The fourth-order valence-corrected chi connectivity index (χ4v) is 1.27. The van der Waals surface area contributed by atoms with Crippen molar-refractivity contribution in [2.75, 3.05) is 0 Å². The first-order chi connectivity index (χ1) is 8.13. The SMILES string of the molecule is NNC(c1cccc(OC(F)(F)F)c1)C(F)(F)F. The number of alkyl halides is 6. The fraction of sp³-hybridized carbons (Fsp3) is 0.333. The van der Waals surface area contributed by atoms with Crippen LogP contribution >= 0.6 is 0 Å². The largest absolute Gasteiger partial charge is 0.573 e. The number of hydrazine groups is 1. The van der Waals surface area contributed by atoms with Crippen molar-refractivity contribution in [3.8, 4) is 5.75 Å². The van der Waals surface area contributed by atoms with Crippen LogP contribution in [0.25, 0.3) is 0 Å². The molecule has 0 amide bonds. The van der Waals surface area contributed by atoms with Crippen LogP contribution in [0.15, 0.2) is 24.3 Å². The number of hydrogen-bond donors (Lipinski definition) is 2. The van der Waals surface area contributed by atoms with Gasteiger partial charge in [0.25, 0.3) is 0 Å². The summed E-state index contributed by atoms with van der Waals surface area (Å²) >= 11 is 0. The molecular formula is C9H8F6N2O. The molecule has 0 aliphatic heterocycles. The molecule has 0 spiro atoms. The second-order valence-corrected chi connectivity index (χ2v) is 3.26. The normalized spacial score (nSPS) is 14.4. The number of nitrogens with one attached hydrogen (secondary N) is 1. The van der Waals surface area contributed by atoms with Crippen LogP contribution in [0.1, 0.15) is 11.6 Å². The Hall–Kier alpha value is -1.48. The van der Waals surface area contributed by atoms with Gasteiger partial charge in [-0.1, -0.05) is 12.1 Å². The zero-order valence-electron chi connectivity index (χ0n) is 8.64. The predicted octanol–water partition coefficient (Wildman–Crippen LogP) is 2.65. The van der Waals surface area contributed by atoms with Gasteiger partial charge in [0.05, 0.1) is 0 Å². The minimum absolute atomic E-state index is 0.480. The molecule has 18 heavy (non-hydrogen) atoms. The van der Waals surface area contributed by atoms with E-state index in [9.17, 15) is 26.3 Å². The van der Waals surface area contributed by atoms with E-state index in [4.69, 9.17) is 5.84 Å². The minimum atomic E-state index is -4.97. The second kappa shape index (κ2) is 5.02. The highest BCUT2D eigenvalue weighted by atomic mass is 19.4. The second-order valence-electron chi connectivity index (χ2n) is 3.26. The highest BCUT2D eigenvalue weighted by Gasteiger charge is 2.40. The molecule has 0 heterocycles. The van der Waals surface area contributed by atoms with E-state index in [1.54, 1.807) is 0 Å². The number of benzene rings is 1. The maximum atomic E-state index is 12.5. The Balaban J connectivity index is 3.01. The maximum Gasteiger partial charge on any atom is 0.573 e. The molecule has 0 aliphatic carbocycles. The highest BCUT2D eigenvalue weighted by molar-refractivity contribution is 5.31. The van der Waals surface area contributed by atoms with Crippen LogP contribution in [0.4, 0.5) is 26.3 Å². The van der Waals surface area contributed by atoms with Crippen LogP contribution in [-0.4, -0.2) is 12.5 Å². The van der Waals surface area contributed by atoms with Crippen LogP contribution < -0.4 is 16.0 Å². The van der Waals surface area contributed by atoms with E-state index in [-0.39, 0.29) is 0 Å². The van der Waals surface area contributed by atoms with Crippen molar-refractivity contribution in [2.45, 2.75) is 18.6 Å². The quantitative estimate of drug-likeness (QED) is 0.506. The van der Waals surface area contributed by atoms with Gasteiger partial charge in [-0.15, -0.1) is 13.2 Å². The summed E-state index contributed by atoms with van der Waals surface area (Å²) in [5.74, 6) is 3.99. The molecule has 0 aromatic heterocycles. The Morgan fingerprint density at radius 1 is 1.11 bits per heavy atom. The fourth-order valence-electron chi connectivity index (χ4n) is 1.27. The molecule has 0 fully saturated rings. The topological polar surface area (TPSA) is 47.3 Å². The third-order valence-corrected chi connectivity index (χ3v) is 1.92. The Morgan fingerprint density at radius 2 is 1.72 bits per heavy atom. The first-order valence-corrected chi connectivity index (χ1v) is 4.52. The summed E-state index contributed by atoms with van der Waals surface area (Å²) in [6.07, 6.45) is -9.70. The van der Waals surface area contributed by atoms with Crippen molar-refractivity contribution in [3.05, 3.63) is 29.8 Å². The van der Waals surface area contributed by atoms with E-state index in [1.165, 1.54) is 5.43 Å². The Labute approximate surface area is 97.5 Å². The molecule has 0 aliphatic rings. The zero-order valence-corrected chi connectivity index (χ0v) is 8.64. The molecule has 1 rings (SSSR count). The summed E-state index contributed by atoms with van der Waals surface area (Å²) in [5.41, 5.74) is 1.01. The summed E-state index contributed by atoms with van der Waals surface area (Å²) in [5, 5.41) is 0. The highest BCUT2D eigenvalue weighted by Crippen LogP contribution is 2.34. The van der Waals surface area contributed by atoms with Crippen LogP contribution in [-0.2, 0) is 0 Å². The Morgan fingerprint density at radius 3 is 2.17 bits per heavy atom. The molecule has 1 atom stereocenters. The molecule has 0 radical (unpaired) electrons.